The van der Waals surface area contributed by atoms with Gasteiger partial charge in [-0.2, -0.15) is 0 Å². The maximum atomic E-state index is 11.4. The van der Waals surface area contributed by atoms with Crippen molar-refractivity contribution in [1.29, 1.82) is 0 Å². The van der Waals surface area contributed by atoms with Crippen LogP contribution in [0, 0.1) is 17.3 Å². The molecule has 0 heterocycles. The maximum absolute atomic E-state index is 11.4. The largest absolute Gasteiger partial charge is 0.299 e. The molecular weight excluding hydrogens is 124 g/mol. The van der Waals surface area contributed by atoms with E-state index < -0.39 is 0 Å². The molecule has 0 saturated heterocycles. The first kappa shape index (κ1) is 7.77. The summed E-state index contributed by atoms with van der Waals surface area (Å²) in [5.74, 6) is 1.32. The van der Waals surface area contributed by atoms with Crippen molar-refractivity contribution in [3.8, 4) is 0 Å². The van der Waals surface area contributed by atoms with Crippen molar-refractivity contribution in [2.45, 2.75) is 34.1 Å². The van der Waals surface area contributed by atoms with Crippen molar-refractivity contribution in [1.82, 2.24) is 0 Å². The highest BCUT2D eigenvalue weighted by Gasteiger charge is 2.42. The van der Waals surface area contributed by atoms with E-state index in [-0.39, 0.29) is 11.3 Å². The van der Waals surface area contributed by atoms with Gasteiger partial charge in [0, 0.05) is 11.3 Å². The molecule has 0 aliphatic heterocycles. The van der Waals surface area contributed by atoms with Gasteiger partial charge in [-0.15, -0.1) is 0 Å². The molecule has 1 nitrogen and oxygen atoms in total. The zero-order valence-corrected chi connectivity index (χ0v) is 7.27. The van der Waals surface area contributed by atoms with E-state index >= 15 is 0 Å². The second-order valence-electron chi connectivity index (χ2n) is 4.22. The third kappa shape index (κ3) is 0.979. The molecule has 1 aliphatic rings. The van der Waals surface area contributed by atoms with Crippen molar-refractivity contribution < 1.29 is 4.79 Å². The van der Waals surface area contributed by atoms with Crippen LogP contribution in [0.2, 0.25) is 0 Å². The van der Waals surface area contributed by atoms with Crippen molar-refractivity contribution in [3.05, 3.63) is 0 Å². The van der Waals surface area contributed by atoms with Gasteiger partial charge in [-0.1, -0.05) is 27.7 Å². The van der Waals surface area contributed by atoms with Gasteiger partial charge in [-0.25, -0.2) is 0 Å². The molecule has 1 saturated carbocycles. The Morgan fingerprint density at radius 2 is 1.90 bits per heavy atom. The Bertz CT molecular complexity index is 158. The zero-order valence-electron chi connectivity index (χ0n) is 7.27. The molecule has 10 heavy (non-hydrogen) atoms. The third-order valence-corrected chi connectivity index (χ3v) is 2.77. The summed E-state index contributed by atoms with van der Waals surface area (Å²) in [6.07, 6.45) is 1.06. The average molecular weight is 140 g/mol. The Morgan fingerprint density at radius 3 is 2.00 bits per heavy atom. The predicted octanol–water partition coefficient (Wildman–Crippen LogP) is 2.26. The minimum absolute atomic E-state index is 0.0428. The van der Waals surface area contributed by atoms with E-state index in [0.29, 0.717) is 11.7 Å². The first-order chi connectivity index (χ1) is 4.45. The molecule has 2 unspecified atom stereocenters. The van der Waals surface area contributed by atoms with Gasteiger partial charge in [-0.3, -0.25) is 4.79 Å². The van der Waals surface area contributed by atoms with E-state index in [2.05, 4.69) is 20.8 Å². The van der Waals surface area contributed by atoms with Crippen molar-refractivity contribution in [3.63, 3.8) is 0 Å². The molecule has 1 rings (SSSR count). The molecule has 0 N–H and O–H groups in total. The predicted molar refractivity (Wildman–Crippen MR) is 41.7 cm³/mol. The van der Waals surface area contributed by atoms with Gasteiger partial charge in [-0.05, 0) is 12.3 Å². The fourth-order valence-corrected chi connectivity index (χ4v) is 1.96. The summed E-state index contributed by atoms with van der Waals surface area (Å²) in [7, 11) is 0. The maximum Gasteiger partial charge on any atom is 0.141 e. The Morgan fingerprint density at radius 1 is 1.40 bits per heavy atom. The molecule has 0 aromatic heterocycles. The highest BCUT2D eigenvalue weighted by molar-refractivity contribution is 5.88. The van der Waals surface area contributed by atoms with Gasteiger partial charge in [0.2, 0.25) is 0 Å². The molecular formula is C9H16O. The smallest absolute Gasteiger partial charge is 0.141 e. The second-order valence-corrected chi connectivity index (χ2v) is 4.22. The molecule has 1 aliphatic carbocycles. The van der Waals surface area contributed by atoms with Crippen LogP contribution >= 0.6 is 0 Å². The summed E-state index contributed by atoms with van der Waals surface area (Å²) in [6, 6.07) is 0. The number of carbonyl (C=O) groups excluding carboxylic acids is 1. The minimum atomic E-state index is -0.0428. The van der Waals surface area contributed by atoms with E-state index in [1.54, 1.807) is 0 Å². The normalized spacial score (nSPS) is 38.6. The Balaban J connectivity index is 2.82. The second kappa shape index (κ2) is 2.08. The van der Waals surface area contributed by atoms with Crippen molar-refractivity contribution in [2.75, 3.05) is 0 Å². The summed E-state index contributed by atoms with van der Waals surface area (Å²) in [6.45, 7) is 8.31. The molecule has 0 radical (unpaired) electrons. The summed E-state index contributed by atoms with van der Waals surface area (Å²) in [5.41, 5.74) is -0.0428. The highest BCUT2D eigenvalue weighted by Crippen LogP contribution is 2.41. The van der Waals surface area contributed by atoms with Crippen LogP contribution in [-0.2, 0) is 4.79 Å². The standard InChI is InChI=1S/C9H16O/c1-6-5-9(3,4)8(10)7(6)2/h6-7H,5H2,1-4H3. The third-order valence-electron chi connectivity index (χ3n) is 2.77. The number of Topliss-reactive ketones (excluding diaryl/α,β-unsaturated/α-hetero) is 1. The van der Waals surface area contributed by atoms with Crippen LogP contribution in [0.3, 0.4) is 0 Å². The SMILES string of the molecule is CC1CC(C)(C)C(=O)C1C. The molecule has 2 atom stereocenters. The first-order valence-corrected chi connectivity index (χ1v) is 3.99. The molecule has 0 amide bonds. The Labute approximate surface area is 62.8 Å². The van der Waals surface area contributed by atoms with Crippen LogP contribution in [0.1, 0.15) is 34.1 Å². The van der Waals surface area contributed by atoms with Crippen molar-refractivity contribution in [2.24, 2.45) is 17.3 Å². The van der Waals surface area contributed by atoms with Crippen LogP contribution in [0.4, 0.5) is 0 Å². The molecule has 1 fully saturated rings. The minimum Gasteiger partial charge on any atom is -0.299 e. The van der Waals surface area contributed by atoms with E-state index in [4.69, 9.17) is 0 Å². The molecule has 0 spiro atoms. The summed E-state index contributed by atoms with van der Waals surface area (Å²) < 4.78 is 0. The number of rotatable bonds is 0. The topological polar surface area (TPSA) is 17.1 Å². The van der Waals surface area contributed by atoms with Gasteiger partial charge < -0.3 is 0 Å². The number of ketones is 1. The lowest BCUT2D eigenvalue weighted by atomic mass is 9.89. The van der Waals surface area contributed by atoms with E-state index in [9.17, 15) is 4.79 Å². The monoisotopic (exact) mass is 140 g/mol. The van der Waals surface area contributed by atoms with Gasteiger partial charge in [0.25, 0.3) is 0 Å². The molecule has 1 heteroatoms. The molecule has 0 aromatic carbocycles. The Kier molecular flexibility index (Phi) is 1.61. The van der Waals surface area contributed by atoms with Gasteiger partial charge in [0.05, 0.1) is 0 Å². The highest BCUT2D eigenvalue weighted by atomic mass is 16.1. The molecule has 0 bridgehead atoms. The quantitative estimate of drug-likeness (QED) is 0.504. The average Bonchev–Trinajstić information content (AvgIpc) is 1.95. The lowest BCUT2D eigenvalue weighted by molar-refractivity contribution is -0.127. The van der Waals surface area contributed by atoms with Crippen LogP contribution in [0.5, 0.6) is 0 Å². The zero-order chi connectivity index (χ0) is 7.94. The van der Waals surface area contributed by atoms with E-state index in [0.717, 1.165) is 6.42 Å². The van der Waals surface area contributed by atoms with Crippen LogP contribution in [-0.4, -0.2) is 5.78 Å². The summed E-state index contributed by atoms with van der Waals surface area (Å²) in [5, 5.41) is 0. The molecule has 58 valence electrons. The lowest BCUT2D eigenvalue weighted by Crippen LogP contribution is -2.20. The lowest BCUT2D eigenvalue weighted by Gasteiger charge is -2.13. The van der Waals surface area contributed by atoms with Crippen LogP contribution in [0.15, 0.2) is 0 Å². The first-order valence-electron chi connectivity index (χ1n) is 3.99. The summed E-state index contributed by atoms with van der Waals surface area (Å²) >= 11 is 0. The number of carbonyl (C=O) groups is 1. The van der Waals surface area contributed by atoms with Crippen LogP contribution in [0.25, 0.3) is 0 Å². The van der Waals surface area contributed by atoms with Gasteiger partial charge in [0.15, 0.2) is 0 Å². The number of hydrogen-bond acceptors (Lipinski definition) is 1. The van der Waals surface area contributed by atoms with Crippen molar-refractivity contribution >= 4 is 5.78 Å². The van der Waals surface area contributed by atoms with Crippen LogP contribution < -0.4 is 0 Å². The van der Waals surface area contributed by atoms with E-state index in [1.165, 1.54) is 0 Å². The number of hydrogen-bond donors (Lipinski definition) is 0. The fraction of sp³-hybridized carbons (Fsp3) is 0.889. The Hall–Kier alpha value is -0.330. The molecule has 0 aromatic rings. The fourth-order valence-electron chi connectivity index (χ4n) is 1.96. The van der Waals surface area contributed by atoms with Gasteiger partial charge >= 0.3 is 0 Å². The van der Waals surface area contributed by atoms with Gasteiger partial charge in [0.1, 0.15) is 5.78 Å². The summed E-state index contributed by atoms with van der Waals surface area (Å²) in [4.78, 5) is 11.4. The van der Waals surface area contributed by atoms with E-state index in [1.807, 2.05) is 6.92 Å².